The van der Waals surface area contributed by atoms with Gasteiger partial charge in [-0.1, -0.05) is 45.7 Å². The number of rotatable bonds is 8. The van der Waals surface area contributed by atoms with Gasteiger partial charge in [-0.25, -0.2) is 4.68 Å². The average molecular weight is 237 g/mol. The van der Waals surface area contributed by atoms with Crippen molar-refractivity contribution in [2.24, 2.45) is 5.92 Å². The minimum absolute atomic E-state index is 0.526. The third-order valence-electron chi connectivity index (χ3n) is 3.40. The standard InChI is InChI=1S/C14H27N3/c1-5-13(6-2)17-14(11-15-16-17)10-8-7-9-12(3)4/h11-13H,5-10H2,1-4H3. The summed E-state index contributed by atoms with van der Waals surface area (Å²) in [5, 5.41) is 8.30. The van der Waals surface area contributed by atoms with Crippen molar-refractivity contribution in [2.45, 2.75) is 72.3 Å². The quantitative estimate of drug-likeness (QED) is 0.640. The Bertz CT molecular complexity index is 300. The molecule has 0 aromatic carbocycles. The Labute approximate surface area is 106 Å². The summed E-state index contributed by atoms with van der Waals surface area (Å²) in [5.41, 5.74) is 1.31. The van der Waals surface area contributed by atoms with Crippen molar-refractivity contribution in [2.75, 3.05) is 0 Å². The molecule has 0 aliphatic rings. The molecule has 0 saturated carbocycles. The zero-order valence-corrected chi connectivity index (χ0v) is 11.8. The van der Waals surface area contributed by atoms with Crippen LogP contribution >= 0.6 is 0 Å². The Balaban J connectivity index is 2.45. The molecule has 0 aliphatic heterocycles. The molecule has 0 saturated heterocycles. The number of hydrogen-bond donors (Lipinski definition) is 0. The molecule has 0 fully saturated rings. The van der Waals surface area contributed by atoms with Crippen molar-refractivity contribution in [1.29, 1.82) is 0 Å². The maximum Gasteiger partial charge on any atom is 0.0725 e. The van der Waals surface area contributed by atoms with Gasteiger partial charge in [-0.3, -0.25) is 0 Å². The molecule has 1 heterocycles. The van der Waals surface area contributed by atoms with Crippen molar-refractivity contribution in [3.05, 3.63) is 11.9 Å². The van der Waals surface area contributed by atoms with Crippen molar-refractivity contribution in [1.82, 2.24) is 15.0 Å². The van der Waals surface area contributed by atoms with Crippen LogP contribution in [-0.4, -0.2) is 15.0 Å². The molecule has 17 heavy (non-hydrogen) atoms. The first-order valence-electron chi connectivity index (χ1n) is 7.08. The second-order valence-corrected chi connectivity index (χ2v) is 5.28. The van der Waals surface area contributed by atoms with Gasteiger partial charge in [0, 0.05) is 0 Å². The second-order valence-electron chi connectivity index (χ2n) is 5.28. The van der Waals surface area contributed by atoms with Gasteiger partial charge >= 0.3 is 0 Å². The van der Waals surface area contributed by atoms with Crippen LogP contribution in [-0.2, 0) is 6.42 Å². The number of unbranched alkanes of at least 4 members (excludes halogenated alkanes) is 1. The highest BCUT2D eigenvalue weighted by atomic mass is 15.4. The Morgan fingerprint density at radius 3 is 2.47 bits per heavy atom. The molecule has 0 unspecified atom stereocenters. The first kappa shape index (κ1) is 14.2. The molecule has 0 bridgehead atoms. The Hall–Kier alpha value is -0.860. The summed E-state index contributed by atoms with van der Waals surface area (Å²) in [6, 6.07) is 0.526. The summed E-state index contributed by atoms with van der Waals surface area (Å²) < 4.78 is 2.13. The molecule has 0 aliphatic carbocycles. The first-order valence-corrected chi connectivity index (χ1v) is 7.08. The fraction of sp³-hybridized carbons (Fsp3) is 0.857. The third-order valence-corrected chi connectivity index (χ3v) is 3.40. The summed E-state index contributed by atoms with van der Waals surface area (Å²) in [5.74, 6) is 0.817. The molecular formula is C14H27N3. The highest BCUT2D eigenvalue weighted by molar-refractivity contribution is 4.96. The van der Waals surface area contributed by atoms with Crippen LogP contribution in [0, 0.1) is 5.92 Å². The van der Waals surface area contributed by atoms with Crippen LogP contribution in [0.1, 0.15) is 71.5 Å². The summed E-state index contributed by atoms with van der Waals surface area (Å²) in [6.07, 6.45) is 9.23. The largest absolute Gasteiger partial charge is 0.246 e. The fourth-order valence-electron chi connectivity index (χ4n) is 2.24. The normalized spacial score (nSPS) is 11.6. The van der Waals surface area contributed by atoms with Crippen LogP contribution in [0.3, 0.4) is 0 Å². The molecule has 3 heteroatoms. The highest BCUT2D eigenvalue weighted by Crippen LogP contribution is 2.18. The Morgan fingerprint density at radius 1 is 1.18 bits per heavy atom. The van der Waals surface area contributed by atoms with E-state index in [4.69, 9.17) is 0 Å². The fourth-order valence-corrected chi connectivity index (χ4v) is 2.24. The van der Waals surface area contributed by atoms with Crippen molar-refractivity contribution >= 4 is 0 Å². The highest BCUT2D eigenvalue weighted by Gasteiger charge is 2.11. The van der Waals surface area contributed by atoms with E-state index >= 15 is 0 Å². The average Bonchev–Trinajstić information content (AvgIpc) is 2.75. The van der Waals surface area contributed by atoms with Gasteiger partial charge in [-0.2, -0.15) is 0 Å². The van der Waals surface area contributed by atoms with Crippen molar-refractivity contribution < 1.29 is 0 Å². The number of aryl methyl sites for hydroxylation is 1. The lowest BCUT2D eigenvalue weighted by Crippen LogP contribution is -2.12. The molecule has 0 atom stereocenters. The zero-order valence-electron chi connectivity index (χ0n) is 11.8. The van der Waals surface area contributed by atoms with Gasteiger partial charge < -0.3 is 0 Å². The summed E-state index contributed by atoms with van der Waals surface area (Å²) in [4.78, 5) is 0. The monoisotopic (exact) mass is 237 g/mol. The SMILES string of the molecule is CCC(CC)n1nncc1CCCCC(C)C. The van der Waals surface area contributed by atoms with Gasteiger partial charge in [0.25, 0.3) is 0 Å². The lowest BCUT2D eigenvalue weighted by molar-refractivity contribution is 0.402. The van der Waals surface area contributed by atoms with E-state index in [1.807, 2.05) is 6.20 Å². The van der Waals surface area contributed by atoms with Crippen LogP contribution in [0.5, 0.6) is 0 Å². The molecule has 0 spiro atoms. The maximum atomic E-state index is 4.24. The van der Waals surface area contributed by atoms with E-state index in [0.29, 0.717) is 6.04 Å². The van der Waals surface area contributed by atoms with E-state index < -0.39 is 0 Å². The molecule has 0 amide bonds. The van der Waals surface area contributed by atoms with E-state index in [9.17, 15) is 0 Å². The maximum absolute atomic E-state index is 4.24. The predicted molar refractivity (Wildman–Crippen MR) is 72.0 cm³/mol. The van der Waals surface area contributed by atoms with Crippen LogP contribution in [0.15, 0.2) is 6.20 Å². The number of nitrogens with zero attached hydrogens (tertiary/aromatic N) is 3. The molecule has 98 valence electrons. The Kier molecular flexibility index (Phi) is 6.23. The molecule has 1 aromatic rings. The van der Waals surface area contributed by atoms with E-state index in [1.165, 1.54) is 25.0 Å². The van der Waals surface area contributed by atoms with E-state index in [0.717, 1.165) is 25.2 Å². The van der Waals surface area contributed by atoms with Crippen LogP contribution < -0.4 is 0 Å². The van der Waals surface area contributed by atoms with Crippen LogP contribution in [0.2, 0.25) is 0 Å². The Morgan fingerprint density at radius 2 is 1.88 bits per heavy atom. The van der Waals surface area contributed by atoms with Gasteiger partial charge in [0.05, 0.1) is 17.9 Å². The van der Waals surface area contributed by atoms with E-state index in [1.54, 1.807) is 0 Å². The molecule has 0 radical (unpaired) electrons. The topological polar surface area (TPSA) is 30.7 Å². The summed E-state index contributed by atoms with van der Waals surface area (Å²) in [7, 11) is 0. The van der Waals surface area contributed by atoms with E-state index in [2.05, 4.69) is 42.7 Å². The third kappa shape index (κ3) is 4.49. The van der Waals surface area contributed by atoms with Crippen LogP contribution in [0.25, 0.3) is 0 Å². The van der Waals surface area contributed by atoms with Gasteiger partial charge in [-0.05, 0) is 31.6 Å². The molecule has 0 N–H and O–H groups in total. The van der Waals surface area contributed by atoms with Gasteiger partial charge in [-0.15, -0.1) is 5.10 Å². The van der Waals surface area contributed by atoms with Gasteiger partial charge in [0.2, 0.25) is 0 Å². The number of hydrogen-bond acceptors (Lipinski definition) is 2. The molecule has 3 nitrogen and oxygen atoms in total. The molecule has 1 aromatic heterocycles. The summed E-state index contributed by atoms with van der Waals surface area (Å²) in [6.45, 7) is 9.02. The minimum Gasteiger partial charge on any atom is -0.246 e. The van der Waals surface area contributed by atoms with Crippen molar-refractivity contribution in [3.63, 3.8) is 0 Å². The minimum atomic E-state index is 0.526. The molecule has 1 rings (SSSR count). The first-order chi connectivity index (χ1) is 8.19. The molecular weight excluding hydrogens is 210 g/mol. The van der Waals surface area contributed by atoms with E-state index in [-0.39, 0.29) is 0 Å². The zero-order chi connectivity index (χ0) is 12.7. The van der Waals surface area contributed by atoms with Crippen LogP contribution in [0.4, 0.5) is 0 Å². The lowest BCUT2D eigenvalue weighted by atomic mass is 10.0. The number of aromatic nitrogens is 3. The predicted octanol–water partition coefficient (Wildman–Crippen LogP) is 4.01. The summed E-state index contributed by atoms with van der Waals surface area (Å²) >= 11 is 0. The second kappa shape index (κ2) is 7.46. The lowest BCUT2D eigenvalue weighted by Gasteiger charge is -2.15. The smallest absolute Gasteiger partial charge is 0.0725 e. The van der Waals surface area contributed by atoms with Gasteiger partial charge in [0.1, 0.15) is 0 Å². The van der Waals surface area contributed by atoms with Gasteiger partial charge in [0.15, 0.2) is 0 Å². The van der Waals surface area contributed by atoms with Crippen molar-refractivity contribution in [3.8, 4) is 0 Å².